The molecule has 0 aliphatic rings. The summed E-state index contributed by atoms with van der Waals surface area (Å²) < 4.78 is 17.0. The Labute approximate surface area is 135 Å². The lowest BCUT2D eigenvalue weighted by Crippen LogP contribution is -2.04. The van der Waals surface area contributed by atoms with E-state index in [0.717, 1.165) is 26.9 Å². The highest BCUT2D eigenvalue weighted by Gasteiger charge is 2.15. The minimum atomic E-state index is -0.283. The van der Waals surface area contributed by atoms with Crippen LogP contribution in [0.5, 0.6) is 0 Å². The average Bonchev–Trinajstić information content (AvgIpc) is 2.79. The molecule has 2 nitrogen and oxygen atoms in total. The topological polar surface area (TPSA) is 17.8 Å². The van der Waals surface area contributed by atoms with E-state index in [-0.39, 0.29) is 5.82 Å². The Kier molecular flexibility index (Phi) is 4.00. The number of aromatic nitrogens is 2. The predicted molar refractivity (Wildman–Crippen MR) is 87.9 cm³/mol. The molecule has 3 rings (SSSR count). The van der Waals surface area contributed by atoms with Crippen LogP contribution in [0.4, 0.5) is 4.39 Å². The average molecular weight is 368 g/mol. The largest absolute Gasteiger partial charge is 0.293 e. The maximum Gasteiger partial charge on any atom is 0.147 e. The lowest BCUT2D eigenvalue weighted by Gasteiger charge is -2.10. The summed E-state index contributed by atoms with van der Waals surface area (Å²) in [5, 5.41) is 0. The SMILES string of the molecule is Cc1ccc2nc(CCCl)n(-c3cc(Br)ccc3F)c2c1. The Morgan fingerprint density at radius 3 is 2.81 bits per heavy atom. The van der Waals surface area contributed by atoms with Crippen molar-refractivity contribution in [2.24, 2.45) is 0 Å². The summed E-state index contributed by atoms with van der Waals surface area (Å²) in [6.45, 7) is 2.01. The highest BCUT2D eigenvalue weighted by atomic mass is 79.9. The van der Waals surface area contributed by atoms with E-state index in [2.05, 4.69) is 20.9 Å². The molecule has 1 heterocycles. The Hall–Kier alpha value is -1.39. The van der Waals surface area contributed by atoms with Gasteiger partial charge in [0.15, 0.2) is 0 Å². The Morgan fingerprint density at radius 2 is 2.05 bits per heavy atom. The van der Waals surface area contributed by atoms with Gasteiger partial charge in [-0.3, -0.25) is 4.57 Å². The van der Waals surface area contributed by atoms with Gasteiger partial charge < -0.3 is 0 Å². The van der Waals surface area contributed by atoms with Gasteiger partial charge >= 0.3 is 0 Å². The summed E-state index contributed by atoms with van der Waals surface area (Å²) in [7, 11) is 0. The van der Waals surface area contributed by atoms with Crippen LogP contribution in [0.15, 0.2) is 40.9 Å². The van der Waals surface area contributed by atoms with Crippen LogP contribution in [-0.2, 0) is 6.42 Å². The number of nitrogens with zero attached hydrogens (tertiary/aromatic N) is 2. The first-order chi connectivity index (χ1) is 10.1. The molecule has 0 radical (unpaired) electrons. The van der Waals surface area contributed by atoms with Gasteiger partial charge in [-0.05, 0) is 42.8 Å². The fourth-order valence-electron chi connectivity index (χ4n) is 2.41. The van der Waals surface area contributed by atoms with Crippen molar-refractivity contribution < 1.29 is 4.39 Å². The van der Waals surface area contributed by atoms with Crippen molar-refractivity contribution in [1.29, 1.82) is 0 Å². The third kappa shape index (κ3) is 2.70. The summed E-state index contributed by atoms with van der Waals surface area (Å²) in [5.41, 5.74) is 3.33. The molecule has 0 unspecified atom stereocenters. The van der Waals surface area contributed by atoms with Crippen LogP contribution < -0.4 is 0 Å². The molecule has 0 fully saturated rings. The van der Waals surface area contributed by atoms with Gasteiger partial charge in [0.05, 0.1) is 16.7 Å². The van der Waals surface area contributed by atoms with Gasteiger partial charge in [0.1, 0.15) is 11.6 Å². The zero-order valence-corrected chi connectivity index (χ0v) is 13.7. The van der Waals surface area contributed by atoms with Crippen molar-refractivity contribution >= 4 is 38.6 Å². The fraction of sp³-hybridized carbons (Fsp3) is 0.188. The van der Waals surface area contributed by atoms with Crippen molar-refractivity contribution in [1.82, 2.24) is 9.55 Å². The van der Waals surface area contributed by atoms with E-state index in [0.29, 0.717) is 18.0 Å². The zero-order chi connectivity index (χ0) is 15.0. The fourth-order valence-corrected chi connectivity index (χ4v) is 2.93. The number of fused-ring (bicyclic) bond motifs is 1. The van der Waals surface area contributed by atoms with Gasteiger partial charge in [-0.15, -0.1) is 11.6 Å². The summed E-state index contributed by atoms with van der Waals surface area (Å²) in [6.07, 6.45) is 0.585. The van der Waals surface area contributed by atoms with Crippen LogP contribution >= 0.6 is 27.5 Å². The van der Waals surface area contributed by atoms with Crippen molar-refractivity contribution in [3.8, 4) is 5.69 Å². The van der Waals surface area contributed by atoms with Crippen LogP contribution in [0.25, 0.3) is 16.7 Å². The van der Waals surface area contributed by atoms with Gasteiger partial charge in [0, 0.05) is 16.8 Å². The molecule has 0 atom stereocenters. The van der Waals surface area contributed by atoms with E-state index < -0.39 is 0 Å². The Balaban J connectivity index is 2.35. The third-order valence-electron chi connectivity index (χ3n) is 3.35. The molecule has 5 heteroatoms. The molecule has 0 aliphatic heterocycles. The summed E-state index contributed by atoms with van der Waals surface area (Å²) in [4.78, 5) is 4.59. The summed E-state index contributed by atoms with van der Waals surface area (Å²) >= 11 is 9.27. The molecule has 2 aromatic carbocycles. The molecule has 0 N–H and O–H groups in total. The Bertz CT molecular complexity index is 813. The molecule has 0 saturated carbocycles. The van der Waals surface area contributed by atoms with Crippen LogP contribution in [0, 0.1) is 12.7 Å². The molecule has 0 spiro atoms. The lowest BCUT2D eigenvalue weighted by atomic mass is 10.2. The van der Waals surface area contributed by atoms with Crippen molar-refractivity contribution in [3.05, 3.63) is 58.1 Å². The minimum Gasteiger partial charge on any atom is -0.293 e. The van der Waals surface area contributed by atoms with Crippen LogP contribution in [0.2, 0.25) is 0 Å². The van der Waals surface area contributed by atoms with Gasteiger partial charge in [-0.2, -0.15) is 0 Å². The molecule has 21 heavy (non-hydrogen) atoms. The number of benzene rings is 2. The van der Waals surface area contributed by atoms with E-state index in [1.807, 2.05) is 29.7 Å². The first-order valence-electron chi connectivity index (χ1n) is 6.59. The normalized spacial score (nSPS) is 11.2. The smallest absolute Gasteiger partial charge is 0.147 e. The monoisotopic (exact) mass is 366 g/mol. The quantitative estimate of drug-likeness (QED) is 0.595. The molecule has 3 aromatic rings. The Morgan fingerprint density at radius 1 is 1.24 bits per heavy atom. The number of hydrogen-bond acceptors (Lipinski definition) is 1. The second-order valence-corrected chi connectivity index (χ2v) is 6.18. The van der Waals surface area contributed by atoms with Crippen LogP contribution in [0.1, 0.15) is 11.4 Å². The number of halogens is 3. The van der Waals surface area contributed by atoms with Crippen molar-refractivity contribution in [2.45, 2.75) is 13.3 Å². The number of imidazole rings is 1. The predicted octanol–water partition coefficient (Wildman–Crippen LogP) is 5.02. The molecule has 0 saturated heterocycles. The zero-order valence-electron chi connectivity index (χ0n) is 11.4. The number of rotatable bonds is 3. The molecule has 0 bridgehead atoms. The number of aryl methyl sites for hydroxylation is 2. The van der Waals surface area contributed by atoms with Crippen LogP contribution in [-0.4, -0.2) is 15.4 Å². The van der Waals surface area contributed by atoms with E-state index in [1.54, 1.807) is 12.1 Å². The van der Waals surface area contributed by atoms with Crippen molar-refractivity contribution in [2.75, 3.05) is 5.88 Å². The molecule has 0 amide bonds. The van der Waals surface area contributed by atoms with Crippen molar-refractivity contribution in [3.63, 3.8) is 0 Å². The summed E-state index contributed by atoms with van der Waals surface area (Å²) in [6, 6.07) is 10.9. The second-order valence-electron chi connectivity index (χ2n) is 4.89. The first kappa shape index (κ1) is 14.5. The van der Waals surface area contributed by atoms with E-state index in [1.165, 1.54) is 6.07 Å². The standard InChI is InChI=1S/C16H13BrClFN2/c1-10-2-5-13-15(8-10)21(16(20-13)6-7-18)14-9-11(17)3-4-12(14)19/h2-5,8-9H,6-7H2,1H3. The molecular weight excluding hydrogens is 355 g/mol. The molecular formula is C16H13BrClFN2. The van der Waals surface area contributed by atoms with E-state index in [9.17, 15) is 4.39 Å². The summed E-state index contributed by atoms with van der Waals surface area (Å²) in [5.74, 6) is 0.926. The van der Waals surface area contributed by atoms with Crippen LogP contribution in [0.3, 0.4) is 0 Å². The van der Waals surface area contributed by atoms with E-state index >= 15 is 0 Å². The van der Waals surface area contributed by atoms with Gasteiger partial charge in [-0.25, -0.2) is 9.37 Å². The lowest BCUT2D eigenvalue weighted by molar-refractivity contribution is 0.616. The maximum absolute atomic E-state index is 14.3. The molecule has 0 aliphatic carbocycles. The third-order valence-corrected chi connectivity index (χ3v) is 4.03. The molecule has 1 aromatic heterocycles. The maximum atomic E-state index is 14.3. The highest BCUT2D eigenvalue weighted by Crippen LogP contribution is 2.27. The van der Waals surface area contributed by atoms with Gasteiger partial charge in [0.25, 0.3) is 0 Å². The minimum absolute atomic E-state index is 0.283. The van der Waals surface area contributed by atoms with E-state index in [4.69, 9.17) is 11.6 Å². The first-order valence-corrected chi connectivity index (χ1v) is 7.92. The number of alkyl halides is 1. The molecule has 108 valence electrons. The highest BCUT2D eigenvalue weighted by molar-refractivity contribution is 9.10. The second kappa shape index (κ2) is 5.78. The number of hydrogen-bond donors (Lipinski definition) is 0. The van der Waals surface area contributed by atoms with Gasteiger partial charge in [-0.1, -0.05) is 22.0 Å². The van der Waals surface area contributed by atoms with Gasteiger partial charge in [0.2, 0.25) is 0 Å².